The van der Waals surface area contributed by atoms with Crippen LogP contribution < -0.4 is 16.4 Å². The third-order valence-corrected chi connectivity index (χ3v) is 12.0. The summed E-state index contributed by atoms with van der Waals surface area (Å²) in [7, 11) is 0. The molecule has 1 aromatic rings. The summed E-state index contributed by atoms with van der Waals surface area (Å²) in [6, 6.07) is 6.52. The predicted octanol–water partition coefficient (Wildman–Crippen LogP) is 3.72. The summed E-state index contributed by atoms with van der Waals surface area (Å²) < 4.78 is 4.48. The summed E-state index contributed by atoms with van der Waals surface area (Å²) in [5.74, 6) is 0.245. The highest BCUT2D eigenvalue weighted by Crippen LogP contribution is 2.45. The molecule has 5 N–H and O–H groups in total. The Balaban J connectivity index is 1.48. The van der Waals surface area contributed by atoms with E-state index in [1.807, 2.05) is 12.3 Å². The molecule has 0 bridgehead atoms. The Morgan fingerprint density at radius 3 is 2.85 bits per heavy atom. The summed E-state index contributed by atoms with van der Waals surface area (Å²) in [4.78, 5) is 22.7. The molecule has 0 aromatic carbocycles. The zero-order valence-corrected chi connectivity index (χ0v) is 26.7. The molecule has 9 heteroatoms. The number of pyridine rings is 1. The van der Waals surface area contributed by atoms with E-state index < -0.39 is 0 Å². The Morgan fingerprint density at radius 1 is 1.40 bits per heavy atom. The maximum absolute atomic E-state index is 13.2. The van der Waals surface area contributed by atoms with Crippen LogP contribution in [0.3, 0.4) is 0 Å². The summed E-state index contributed by atoms with van der Waals surface area (Å²) in [5, 5.41) is 14.7. The van der Waals surface area contributed by atoms with Crippen molar-refractivity contribution in [2.75, 3.05) is 45.8 Å². The van der Waals surface area contributed by atoms with Crippen molar-refractivity contribution in [2.24, 2.45) is 11.7 Å². The number of alkyl halides is 1. The lowest BCUT2D eigenvalue weighted by atomic mass is 9.78. The van der Waals surface area contributed by atoms with Gasteiger partial charge in [-0.3, -0.25) is 14.7 Å². The Hall–Kier alpha value is -1.53. The van der Waals surface area contributed by atoms with Gasteiger partial charge in [-0.2, -0.15) is 0 Å². The molecule has 2 fully saturated rings. The van der Waals surface area contributed by atoms with Crippen molar-refractivity contribution in [3.05, 3.63) is 42.2 Å². The van der Waals surface area contributed by atoms with E-state index in [0.717, 1.165) is 103 Å². The number of piperazine rings is 1. The number of aromatic nitrogens is 1. The average molecular weight is 666 g/mol. The third-order valence-electron chi connectivity index (χ3n) is 8.57. The van der Waals surface area contributed by atoms with Crippen LogP contribution in [0, 0.1) is 11.3 Å². The maximum atomic E-state index is 13.2. The molecule has 2 heterocycles. The largest absolute Gasteiger partial charge is 0.353 e. The average Bonchev–Trinajstić information content (AvgIpc) is 2.96. The van der Waals surface area contributed by atoms with Crippen molar-refractivity contribution in [3.63, 3.8) is 0 Å². The lowest BCUT2D eigenvalue weighted by Crippen LogP contribution is -2.55. The quantitative estimate of drug-likeness (QED) is 0.0665. The van der Waals surface area contributed by atoms with Gasteiger partial charge in [0, 0.05) is 73.3 Å². The molecule has 1 saturated carbocycles. The molecule has 2 atom stereocenters. The number of carbonyl (C=O) groups excluding carboxylic acids is 1. The van der Waals surface area contributed by atoms with E-state index in [1.165, 1.54) is 11.8 Å². The van der Waals surface area contributed by atoms with Gasteiger partial charge in [0.15, 0.2) is 0 Å². The number of hydrogen-bond donors (Lipinski definition) is 4. The van der Waals surface area contributed by atoms with Crippen LogP contribution in [0.4, 0.5) is 0 Å². The van der Waals surface area contributed by atoms with E-state index in [9.17, 15) is 4.79 Å². The minimum Gasteiger partial charge on any atom is -0.353 e. The molecule has 1 saturated heterocycles. The molecule has 1 aliphatic heterocycles. The van der Waals surface area contributed by atoms with E-state index in [2.05, 4.69) is 55.6 Å². The van der Waals surface area contributed by atoms with Gasteiger partial charge >= 0.3 is 0 Å². The number of nitrogens with two attached hydrogens (primary N) is 1. The highest BCUT2D eigenvalue weighted by molar-refractivity contribution is 14.2. The van der Waals surface area contributed by atoms with E-state index in [-0.39, 0.29) is 42.0 Å². The normalized spacial score (nSPS) is 24.5. The molecule has 3 rings (SSSR count). The van der Waals surface area contributed by atoms with E-state index in [1.54, 1.807) is 0 Å². The fourth-order valence-corrected chi connectivity index (χ4v) is 8.06. The van der Waals surface area contributed by atoms with Crippen molar-refractivity contribution in [3.8, 4) is 0 Å². The van der Waals surface area contributed by atoms with Crippen LogP contribution in [-0.2, 0) is 11.3 Å². The van der Waals surface area contributed by atoms with Crippen LogP contribution in [0.1, 0.15) is 64.0 Å². The molecular weight excluding hydrogens is 613 g/mol. The van der Waals surface area contributed by atoms with Gasteiger partial charge in [0.2, 0.25) is 5.91 Å². The lowest BCUT2D eigenvalue weighted by Gasteiger charge is -2.38. The smallest absolute Gasteiger partial charge is 0.223 e. The Labute approximate surface area is 252 Å². The number of carbonyl (C=O) groups is 1. The van der Waals surface area contributed by atoms with E-state index >= 15 is 0 Å². The number of rotatable bonds is 17. The number of halogens is 1. The van der Waals surface area contributed by atoms with Gasteiger partial charge in [0.1, 0.15) is 0 Å². The molecule has 0 spiro atoms. The van der Waals surface area contributed by atoms with Crippen molar-refractivity contribution < 1.29 is 4.79 Å². The van der Waals surface area contributed by atoms with Crippen molar-refractivity contribution in [1.29, 1.82) is 5.41 Å². The maximum Gasteiger partial charge on any atom is 0.223 e. The number of unbranched alkanes of at least 4 members (excludes halogenated alkanes) is 1. The summed E-state index contributed by atoms with van der Waals surface area (Å²) in [5.41, 5.74) is 8.11. The number of amides is 1. The van der Waals surface area contributed by atoms with Crippen molar-refractivity contribution in [2.45, 2.75) is 80.3 Å². The molecule has 1 aliphatic carbocycles. The standard InChI is InChI=1S/C31H52IN7O/c1-25(2)31(32-3)13-9-26(10-14-31)30(40)37-27(11-16-34)12-20-38-21-18-36-29(23-38)24-39(19-7-5-15-33)22-28-8-4-6-17-35-28/h4,6,8,16-17,26-27,29,34,36H,1,3,5,7,9-15,18-24,33H2,2H3,(H,37,40)/t26?,27-,29-,31?/m1/s1. The molecule has 8 nitrogen and oxygen atoms in total. The molecular formula is C31H52IN7O. The summed E-state index contributed by atoms with van der Waals surface area (Å²) in [6.07, 6.45) is 10.8. The SMILES string of the molecule is C=IC1(C(=C)C)CCC(C(=O)N[C@H](CC=N)CCN2CCN[C@@H](CN(CCCCN)Cc3ccccn3)C2)CC1. The minimum atomic E-state index is -0.178. The molecule has 1 amide bonds. The van der Waals surface area contributed by atoms with Crippen LogP contribution in [0.2, 0.25) is 0 Å². The fourth-order valence-electron chi connectivity index (χ4n) is 6.03. The van der Waals surface area contributed by atoms with Crippen molar-refractivity contribution in [1.82, 2.24) is 25.4 Å². The third kappa shape index (κ3) is 10.4. The monoisotopic (exact) mass is 665 g/mol. The Bertz CT molecular complexity index is 935. The summed E-state index contributed by atoms with van der Waals surface area (Å²) in [6.45, 7) is 13.8. The van der Waals surface area contributed by atoms with Gasteiger partial charge in [-0.05, 0) is 83.3 Å². The zero-order chi connectivity index (χ0) is 28.8. The second kappa shape index (κ2) is 17.4. The topological polar surface area (TPSA) is 110 Å². The van der Waals surface area contributed by atoms with E-state index in [0.29, 0.717) is 12.5 Å². The first-order valence-electron chi connectivity index (χ1n) is 15.0. The van der Waals surface area contributed by atoms with Gasteiger partial charge < -0.3 is 26.7 Å². The van der Waals surface area contributed by atoms with Crippen LogP contribution in [0.15, 0.2) is 36.5 Å². The molecule has 40 heavy (non-hydrogen) atoms. The minimum absolute atomic E-state index is 0.0170. The Kier molecular flexibility index (Phi) is 14.4. The number of hydrogen-bond acceptors (Lipinski definition) is 7. The molecule has 1 aromatic heterocycles. The van der Waals surface area contributed by atoms with Gasteiger partial charge in [-0.1, -0.05) is 22.7 Å². The van der Waals surface area contributed by atoms with Gasteiger partial charge in [0.25, 0.3) is 0 Å². The molecule has 2 aliphatic rings. The van der Waals surface area contributed by atoms with Crippen molar-refractivity contribution >= 4 is 37.4 Å². The first-order chi connectivity index (χ1) is 19.4. The summed E-state index contributed by atoms with van der Waals surface area (Å²) >= 11 is -0.178. The highest BCUT2D eigenvalue weighted by atomic mass is 127. The first-order valence-corrected chi connectivity index (χ1v) is 17.6. The van der Waals surface area contributed by atoms with Crippen LogP contribution >= 0.6 is 20.7 Å². The number of nitrogens with one attached hydrogen (secondary N) is 3. The number of allylic oxidation sites excluding steroid dienone is 1. The van der Waals surface area contributed by atoms with Gasteiger partial charge in [-0.15, -0.1) is 20.7 Å². The fraction of sp³-hybridized carbons (Fsp3) is 0.677. The van der Waals surface area contributed by atoms with Gasteiger partial charge in [0.05, 0.1) is 5.69 Å². The van der Waals surface area contributed by atoms with Crippen LogP contribution in [-0.4, -0.2) is 92.7 Å². The van der Waals surface area contributed by atoms with Crippen LogP contribution in [0.5, 0.6) is 0 Å². The highest BCUT2D eigenvalue weighted by Gasteiger charge is 2.37. The first kappa shape index (κ1) is 33.0. The van der Waals surface area contributed by atoms with Gasteiger partial charge in [-0.25, -0.2) is 0 Å². The molecule has 0 unspecified atom stereocenters. The predicted molar refractivity (Wildman–Crippen MR) is 177 cm³/mol. The second-order valence-electron chi connectivity index (χ2n) is 11.6. The van der Waals surface area contributed by atoms with Crippen LogP contribution in [0.25, 0.3) is 0 Å². The molecule has 0 radical (unpaired) electrons. The second-order valence-corrected chi connectivity index (χ2v) is 14.4. The Morgan fingerprint density at radius 2 is 2.20 bits per heavy atom. The molecule has 224 valence electrons. The number of nitrogens with zero attached hydrogens (tertiary/aromatic N) is 3. The zero-order valence-electron chi connectivity index (χ0n) is 24.6. The van der Waals surface area contributed by atoms with E-state index in [4.69, 9.17) is 11.1 Å². The lowest BCUT2D eigenvalue weighted by molar-refractivity contribution is -0.126.